The maximum Gasteiger partial charge on any atom is 0.344 e. The van der Waals surface area contributed by atoms with Gasteiger partial charge < -0.3 is 19.5 Å². The summed E-state index contributed by atoms with van der Waals surface area (Å²) < 4.78 is 15.7. The number of benzene rings is 2. The molecule has 1 N–H and O–H groups in total. The second-order valence-electron chi connectivity index (χ2n) is 7.38. The average Bonchev–Trinajstić information content (AvgIpc) is 2.71. The van der Waals surface area contributed by atoms with Gasteiger partial charge in [-0.1, -0.05) is 42.8 Å². The Hall–Kier alpha value is -3.02. The molecule has 6 heteroatoms. The summed E-state index contributed by atoms with van der Waals surface area (Å²) in [6, 6.07) is 15.6. The summed E-state index contributed by atoms with van der Waals surface area (Å²) in [5.74, 6) is 0.0780. The minimum Gasteiger partial charge on any atom is -0.493 e. The SMILES string of the molecule is COc1cc(C)ccc1OCC(=O)OCC(=O)NCC1(c2ccccc2)CCC1. The number of hydrogen-bond acceptors (Lipinski definition) is 5. The van der Waals surface area contributed by atoms with Gasteiger partial charge in [0, 0.05) is 12.0 Å². The second-order valence-corrected chi connectivity index (χ2v) is 7.38. The third kappa shape index (κ3) is 5.28. The van der Waals surface area contributed by atoms with Crippen LogP contribution in [0, 0.1) is 6.92 Å². The molecule has 6 nitrogen and oxygen atoms in total. The average molecular weight is 397 g/mol. The Kier molecular flexibility index (Phi) is 6.75. The van der Waals surface area contributed by atoms with Crippen LogP contribution in [0.1, 0.15) is 30.4 Å². The third-order valence-corrected chi connectivity index (χ3v) is 5.35. The van der Waals surface area contributed by atoms with Gasteiger partial charge in [-0.3, -0.25) is 4.79 Å². The van der Waals surface area contributed by atoms with E-state index in [2.05, 4.69) is 17.4 Å². The van der Waals surface area contributed by atoms with Crippen molar-refractivity contribution in [3.8, 4) is 11.5 Å². The molecule has 0 bridgehead atoms. The van der Waals surface area contributed by atoms with Crippen LogP contribution in [0.3, 0.4) is 0 Å². The van der Waals surface area contributed by atoms with Crippen molar-refractivity contribution >= 4 is 11.9 Å². The Labute approximate surface area is 171 Å². The lowest BCUT2D eigenvalue weighted by Crippen LogP contribution is -2.46. The Balaban J connectivity index is 1.42. The number of carbonyl (C=O) groups excluding carboxylic acids is 2. The first-order chi connectivity index (χ1) is 14.0. The minimum absolute atomic E-state index is 0.00790. The van der Waals surface area contributed by atoms with E-state index in [-0.39, 0.29) is 24.5 Å². The second kappa shape index (κ2) is 9.45. The highest BCUT2D eigenvalue weighted by atomic mass is 16.6. The highest BCUT2D eigenvalue weighted by Gasteiger charge is 2.38. The number of hydrogen-bond donors (Lipinski definition) is 1. The molecule has 29 heavy (non-hydrogen) atoms. The Morgan fingerprint density at radius 1 is 1.03 bits per heavy atom. The first kappa shape index (κ1) is 20.7. The molecule has 2 aromatic rings. The molecule has 1 fully saturated rings. The molecule has 1 amide bonds. The first-order valence-electron chi connectivity index (χ1n) is 9.78. The topological polar surface area (TPSA) is 73.9 Å². The van der Waals surface area contributed by atoms with Crippen LogP contribution in [0.25, 0.3) is 0 Å². The molecule has 0 atom stereocenters. The van der Waals surface area contributed by atoms with Crippen LogP contribution in [0.5, 0.6) is 11.5 Å². The molecule has 1 aliphatic carbocycles. The van der Waals surface area contributed by atoms with Crippen LogP contribution in [-0.4, -0.2) is 38.7 Å². The zero-order valence-electron chi connectivity index (χ0n) is 16.9. The lowest BCUT2D eigenvalue weighted by molar-refractivity contribution is -0.150. The lowest BCUT2D eigenvalue weighted by atomic mass is 9.64. The summed E-state index contributed by atoms with van der Waals surface area (Å²) in [7, 11) is 1.54. The summed E-state index contributed by atoms with van der Waals surface area (Å²) in [6.45, 7) is 1.87. The fourth-order valence-electron chi connectivity index (χ4n) is 3.50. The normalized spacial score (nSPS) is 14.4. The molecule has 1 saturated carbocycles. The van der Waals surface area contributed by atoms with Gasteiger partial charge in [0.1, 0.15) is 0 Å². The van der Waals surface area contributed by atoms with E-state index < -0.39 is 5.97 Å². The van der Waals surface area contributed by atoms with E-state index >= 15 is 0 Å². The number of ether oxygens (including phenoxy) is 3. The molecule has 0 unspecified atom stereocenters. The number of esters is 1. The van der Waals surface area contributed by atoms with Crippen molar-refractivity contribution in [2.24, 2.45) is 0 Å². The highest BCUT2D eigenvalue weighted by molar-refractivity contribution is 5.81. The van der Waals surface area contributed by atoms with Gasteiger partial charge >= 0.3 is 5.97 Å². The van der Waals surface area contributed by atoms with E-state index in [0.29, 0.717) is 18.0 Å². The maximum atomic E-state index is 12.1. The molecular weight excluding hydrogens is 370 g/mol. The summed E-state index contributed by atoms with van der Waals surface area (Å²) >= 11 is 0. The number of nitrogens with one attached hydrogen (secondary N) is 1. The molecule has 154 valence electrons. The molecule has 0 spiro atoms. The molecule has 0 aliphatic heterocycles. The van der Waals surface area contributed by atoms with Crippen molar-refractivity contribution in [1.29, 1.82) is 0 Å². The fraction of sp³-hybridized carbons (Fsp3) is 0.391. The fourth-order valence-corrected chi connectivity index (χ4v) is 3.50. The van der Waals surface area contributed by atoms with Gasteiger partial charge in [0.15, 0.2) is 24.7 Å². The van der Waals surface area contributed by atoms with Crippen molar-refractivity contribution in [2.75, 3.05) is 26.9 Å². The smallest absolute Gasteiger partial charge is 0.344 e. The third-order valence-electron chi connectivity index (χ3n) is 5.35. The van der Waals surface area contributed by atoms with Crippen molar-refractivity contribution in [3.63, 3.8) is 0 Å². The van der Waals surface area contributed by atoms with Gasteiger partial charge in [0.2, 0.25) is 0 Å². The van der Waals surface area contributed by atoms with Crippen LogP contribution in [-0.2, 0) is 19.7 Å². The number of amides is 1. The van der Waals surface area contributed by atoms with Crippen molar-refractivity contribution in [3.05, 3.63) is 59.7 Å². The molecule has 0 radical (unpaired) electrons. The molecule has 0 heterocycles. The van der Waals surface area contributed by atoms with Gasteiger partial charge in [-0.2, -0.15) is 0 Å². The van der Waals surface area contributed by atoms with Crippen molar-refractivity contribution in [1.82, 2.24) is 5.32 Å². The molecule has 2 aromatic carbocycles. The Bertz CT molecular complexity index is 846. The van der Waals surface area contributed by atoms with E-state index in [0.717, 1.165) is 24.8 Å². The maximum absolute atomic E-state index is 12.1. The first-order valence-corrected chi connectivity index (χ1v) is 9.78. The molecule has 0 aromatic heterocycles. The van der Waals surface area contributed by atoms with Crippen LogP contribution in [0.4, 0.5) is 0 Å². The van der Waals surface area contributed by atoms with Gasteiger partial charge in [0.25, 0.3) is 5.91 Å². The van der Waals surface area contributed by atoms with Crippen molar-refractivity contribution < 1.29 is 23.8 Å². The zero-order chi connectivity index (χ0) is 20.7. The molecular formula is C23H27NO5. The van der Waals surface area contributed by atoms with Crippen LogP contribution in [0.15, 0.2) is 48.5 Å². The summed E-state index contributed by atoms with van der Waals surface area (Å²) in [6.07, 6.45) is 3.24. The van der Waals surface area contributed by atoms with Crippen LogP contribution < -0.4 is 14.8 Å². The predicted octanol–water partition coefficient (Wildman–Crippen LogP) is 3.16. The number of methoxy groups -OCH3 is 1. The number of rotatable bonds is 9. The standard InChI is InChI=1S/C23H27NO5/c1-17-9-10-19(20(13-17)27-2)28-15-22(26)29-14-21(25)24-16-23(11-6-12-23)18-7-4-3-5-8-18/h3-5,7-10,13H,6,11-12,14-16H2,1-2H3,(H,24,25). The van der Waals surface area contributed by atoms with Gasteiger partial charge in [0.05, 0.1) is 7.11 Å². The number of aryl methyl sites for hydroxylation is 1. The molecule has 1 aliphatic rings. The summed E-state index contributed by atoms with van der Waals surface area (Å²) in [5.41, 5.74) is 2.25. The van der Waals surface area contributed by atoms with Gasteiger partial charge in [-0.05, 0) is 43.0 Å². The Morgan fingerprint density at radius 2 is 1.79 bits per heavy atom. The minimum atomic E-state index is -0.607. The molecule has 0 saturated heterocycles. The van der Waals surface area contributed by atoms with E-state index in [9.17, 15) is 9.59 Å². The van der Waals surface area contributed by atoms with Crippen molar-refractivity contribution in [2.45, 2.75) is 31.6 Å². The predicted molar refractivity (Wildman–Crippen MR) is 109 cm³/mol. The number of carbonyl (C=O) groups is 2. The summed E-state index contributed by atoms with van der Waals surface area (Å²) in [4.78, 5) is 24.0. The highest BCUT2D eigenvalue weighted by Crippen LogP contribution is 2.43. The van der Waals surface area contributed by atoms with Crippen LogP contribution in [0.2, 0.25) is 0 Å². The van der Waals surface area contributed by atoms with Gasteiger partial charge in [-0.15, -0.1) is 0 Å². The summed E-state index contributed by atoms with van der Waals surface area (Å²) in [5, 5.41) is 2.90. The Morgan fingerprint density at radius 3 is 2.45 bits per heavy atom. The zero-order valence-corrected chi connectivity index (χ0v) is 16.9. The largest absolute Gasteiger partial charge is 0.493 e. The monoisotopic (exact) mass is 397 g/mol. The van der Waals surface area contributed by atoms with E-state index in [1.807, 2.05) is 37.3 Å². The molecule has 3 rings (SSSR count). The lowest BCUT2D eigenvalue weighted by Gasteiger charge is -2.42. The van der Waals surface area contributed by atoms with Gasteiger partial charge in [-0.25, -0.2) is 4.79 Å². The van der Waals surface area contributed by atoms with Crippen LogP contribution >= 0.6 is 0 Å². The quantitative estimate of drug-likeness (QED) is 0.658. The van der Waals surface area contributed by atoms with E-state index in [1.54, 1.807) is 6.07 Å². The van der Waals surface area contributed by atoms with E-state index in [1.165, 1.54) is 12.7 Å². The van der Waals surface area contributed by atoms with E-state index in [4.69, 9.17) is 14.2 Å².